The number of pyridine rings is 1. The van der Waals surface area contributed by atoms with Crippen molar-refractivity contribution in [2.75, 3.05) is 33.2 Å². The maximum atomic E-state index is 13.7. The van der Waals surface area contributed by atoms with E-state index < -0.39 is 0 Å². The molecule has 0 unspecified atom stereocenters. The molecule has 0 radical (unpaired) electrons. The Kier molecular flexibility index (Phi) is 9.65. The number of nitrogens with zero attached hydrogens (tertiary/aromatic N) is 4. The highest BCUT2D eigenvalue weighted by atomic mass is 16.1. The third-order valence-electron chi connectivity index (χ3n) is 7.87. The molecule has 218 valence electrons. The van der Waals surface area contributed by atoms with Crippen molar-refractivity contribution in [3.63, 3.8) is 0 Å². The summed E-state index contributed by atoms with van der Waals surface area (Å²) in [6, 6.07) is 8.34. The lowest BCUT2D eigenvalue weighted by Gasteiger charge is -2.33. The van der Waals surface area contributed by atoms with Gasteiger partial charge in [-0.05, 0) is 94.9 Å². The number of hydrogen-bond acceptors (Lipinski definition) is 5. The van der Waals surface area contributed by atoms with Crippen molar-refractivity contribution in [3.8, 4) is 0 Å². The fourth-order valence-corrected chi connectivity index (χ4v) is 5.45. The number of likely N-dealkylation sites (N-methyl/N-ethyl adjacent to an activating group) is 1. The van der Waals surface area contributed by atoms with Gasteiger partial charge in [-0.15, -0.1) is 0 Å². The molecule has 1 aromatic carbocycles. The van der Waals surface area contributed by atoms with Gasteiger partial charge in [-0.3, -0.25) is 9.59 Å². The van der Waals surface area contributed by atoms with Crippen molar-refractivity contribution >= 4 is 29.1 Å². The molecule has 3 heterocycles. The summed E-state index contributed by atoms with van der Waals surface area (Å²) in [7, 11) is 2.13. The van der Waals surface area contributed by atoms with Crippen LogP contribution in [0, 0.1) is 6.92 Å². The zero-order valence-corrected chi connectivity index (χ0v) is 25.4. The molecular formula is C33H44N6O2. The van der Waals surface area contributed by atoms with Crippen LogP contribution in [0.1, 0.15) is 72.9 Å². The number of carbonyl (C=O) groups is 1. The summed E-state index contributed by atoms with van der Waals surface area (Å²) in [5, 5.41) is 3.93. The molecular weight excluding hydrogens is 512 g/mol. The van der Waals surface area contributed by atoms with Crippen molar-refractivity contribution in [2.24, 2.45) is 4.99 Å². The summed E-state index contributed by atoms with van der Waals surface area (Å²) in [4.78, 5) is 38.2. The Balaban J connectivity index is 1.68. The lowest BCUT2D eigenvalue weighted by molar-refractivity contribution is 0.0952. The Hall–Kier alpha value is -3.91. The number of H-pyrrole nitrogens is 1. The zero-order valence-electron chi connectivity index (χ0n) is 25.4. The first-order valence-electron chi connectivity index (χ1n) is 14.6. The molecule has 2 aromatic heterocycles. The number of aliphatic imine (C=N–C) groups is 1. The molecule has 3 aromatic rings. The van der Waals surface area contributed by atoms with Gasteiger partial charge in [-0.2, -0.15) is 0 Å². The van der Waals surface area contributed by atoms with Crippen molar-refractivity contribution in [1.29, 1.82) is 0 Å². The first-order chi connectivity index (χ1) is 19.6. The van der Waals surface area contributed by atoms with Gasteiger partial charge in [0, 0.05) is 72.7 Å². The number of amides is 1. The number of rotatable bonds is 10. The monoisotopic (exact) mass is 556 g/mol. The number of piperazine rings is 1. The molecule has 1 saturated heterocycles. The molecule has 0 spiro atoms. The fourth-order valence-electron chi connectivity index (χ4n) is 5.45. The van der Waals surface area contributed by atoms with Crippen molar-refractivity contribution in [1.82, 2.24) is 24.7 Å². The van der Waals surface area contributed by atoms with Crippen LogP contribution < -0.4 is 10.9 Å². The van der Waals surface area contributed by atoms with Crippen molar-refractivity contribution in [2.45, 2.75) is 60.0 Å². The number of benzene rings is 1. The van der Waals surface area contributed by atoms with Crippen LogP contribution in [0.2, 0.25) is 0 Å². The predicted molar refractivity (Wildman–Crippen MR) is 170 cm³/mol. The van der Waals surface area contributed by atoms with Crippen LogP contribution in [0.15, 0.2) is 58.2 Å². The van der Waals surface area contributed by atoms with E-state index in [4.69, 9.17) is 0 Å². The number of carbonyl (C=O) groups excluding carboxylic acids is 1. The van der Waals surface area contributed by atoms with Gasteiger partial charge in [0.2, 0.25) is 0 Å². The highest BCUT2D eigenvalue weighted by Gasteiger charge is 2.18. The molecule has 1 amide bonds. The number of aryl methyl sites for hydroxylation is 2. The summed E-state index contributed by atoms with van der Waals surface area (Å²) in [6.07, 6.45) is 7.81. The summed E-state index contributed by atoms with van der Waals surface area (Å²) < 4.78 is 2.18. The van der Waals surface area contributed by atoms with Crippen molar-refractivity contribution in [3.05, 3.63) is 86.7 Å². The third-order valence-corrected chi connectivity index (χ3v) is 7.87. The molecule has 41 heavy (non-hydrogen) atoms. The first kappa shape index (κ1) is 30.1. The largest absolute Gasteiger partial charge is 0.354 e. The Morgan fingerprint density at radius 2 is 1.90 bits per heavy atom. The summed E-state index contributed by atoms with van der Waals surface area (Å²) in [6.45, 7) is 18.1. The number of allylic oxidation sites excluding steroid dienone is 3. The van der Waals surface area contributed by atoms with Crippen LogP contribution >= 0.6 is 0 Å². The minimum absolute atomic E-state index is 0.142. The predicted octanol–water partition coefficient (Wildman–Crippen LogP) is 5.29. The zero-order chi connectivity index (χ0) is 29.7. The van der Waals surface area contributed by atoms with Crippen LogP contribution in [0.5, 0.6) is 0 Å². The second-order valence-electron chi connectivity index (χ2n) is 11.3. The van der Waals surface area contributed by atoms with Gasteiger partial charge in [0.05, 0.1) is 0 Å². The molecule has 1 aliphatic heterocycles. The minimum atomic E-state index is -0.199. The van der Waals surface area contributed by atoms with E-state index in [1.807, 2.05) is 37.4 Å². The standard InChI is InChI=1S/C33H44N6O2/c1-8-9-25-18-24(5)36-33(41)29(25)21-35-32(40)28-19-26(20-30-27(28)12-13-39(30)22(2)3)23(4)10-11-31(34-6)38-16-14-37(7)15-17-38/h10-13,18-20,22H,6,8-9,14-17,21H2,1-5,7H3,(H,35,40)(H,36,41)/b23-10+,31-11+. The molecule has 1 aliphatic rings. The van der Waals surface area contributed by atoms with Gasteiger partial charge in [-0.1, -0.05) is 19.4 Å². The average molecular weight is 557 g/mol. The van der Waals surface area contributed by atoms with Crippen LogP contribution in [0.3, 0.4) is 0 Å². The number of nitrogens with one attached hydrogen (secondary N) is 2. The van der Waals surface area contributed by atoms with E-state index in [1.54, 1.807) is 0 Å². The highest BCUT2D eigenvalue weighted by molar-refractivity contribution is 6.07. The molecule has 2 N–H and O–H groups in total. The normalized spacial score (nSPS) is 15.1. The van der Waals surface area contributed by atoms with E-state index in [2.05, 4.69) is 83.3 Å². The smallest absolute Gasteiger partial charge is 0.253 e. The van der Waals surface area contributed by atoms with Crippen molar-refractivity contribution < 1.29 is 4.79 Å². The molecule has 0 aliphatic carbocycles. The highest BCUT2D eigenvalue weighted by Crippen LogP contribution is 2.29. The van der Waals surface area contributed by atoms with E-state index in [0.717, 1.165) is 78.1 Å². The molecule has 8 nitrogen and oxygen atoms in total. The van der Waals surface area contributed by atoms with Crippen LogP contribution in [0.4, 0.5) is 0 Å². The van der Waals surface area contributed by atoms with Crippen LogP contribution in [0.25, 0.3) is 16.5 Å². The molecule has 0 saturated carbocycles. The second-order valence-corrected chi connectivity index (χ2v) is 11.3. The molecule has 0 atom stereocenters. The van der Waals surface area contributed by atoms with Gasteiger partial charge >= 0.3 is 0 Å². The topological polar surface area (TPSA) is 85.7 Å². The van der Waals surface area contributed by atoms with E-state index in [0.29, 0.717) is 11.1 Å². The Bertz CT molecular complexity index is 1530. The van der Waals surface area contributed by atoms with E-state index in [-0.39, 0.29) is 24.1 Å². The van der Waals surface area contributed by atoms with Crippen LogP contribution in [-0.4, -0.2) is 65.2 Å². The summed E-state index contributed by atoms with van der Waals surface area (Å²) in [5.74, 6) is 0.656. The van der Waals surface area contributed by atoms with E-state index in [9.17, 15) is 9.59 Å². The SMILES string of the molecule is C=N/C(=C\C=C(/C)c1cc(C(=O)NCc2c(CCC)cc(C)[nH]c2=O)c2ccn(C(C)C)c2c1)N1CCN(C)CC1. The Morgan fingerprint density at radius 3 is 2.56 bits per heavy atom. The third kappa shape index (κ3) is 6.88. The number of aromatic amines is 1. The average Bonchev–Trinajstić information content (AvgIpc) is 3.37. The Morgan fingerprint density at radius 1 is 1.17 bits per heavy atom. The quantitative estimate of drug-likeness (QED) is 0.262. The maximum Gasteiger partial charge on any atom is 0.253 e. The second kappa shape index (κ2) is 13.2. The molecule has 8 heteroatoms. The summed E-state index contributed by atoms with van der Waals surface area (Å²) >= 11 is 0. The lowest BCUT2D eigenvalue weighted by Crippen LogP contribution is -2.43. The number of hydrogen-bond donors (Lipinski definition) is 2. The maximum absolute atomic E-state index is 13.7. The summed E-state index contributed by atoms with van der Waals surface area (Å²) in [5.41, 5.74) is 5.86. The van der Waals surface area contributed by atoms with Gasteiger partial charge in [0.15, 0.2) is 0 Å². The van der Waals surface area contributed by atoms with E-state index >= 15 is 0 Å². The first-order valence-corrected chi connectivity index (χ1v) is 14.6. The number of aromatic nitrogens is 2. The number of fused-ring (bicyclic) bond motifs is 1. The molecule has 0 bridgehead atoms. The fraction of sp³-hybridized carbons (Fsp3) is 0.424. The van der Waals surface area contributed by atoms with Crippen LogP contribution in [-0.2, 0) is 13.0 Å². The van der Waals surface area contributed by atoms with Gasteiger partial charge < -0.3 is 24.7 Å². The molecule has 1 fully saturated rings. The molecule has 4 rings (SSSR count). The Labute approximate surface area is 243 Å². The van der Waals surface area contributed by atoms with E-state index in [1.165, 1.54) is 0 Å². The minimum Gasteiger partial charge on any atom is -0.354 e. The van der Waals surface area contributed by atoms with Gasteiger partial charge in [-0.25, -0.2) is 4.99 Å². The lowest BCUT2D eigenvalue weighted by atomic mass is 9.99. The van der Waals surface area contributed by atoms with Gasteiger partial charge in [0.25, 0.3) is 11.5 Å². The van der Waals surface area contributed by atoms with Gasteiger partial charge in [0.1, 0.15) is 5.82 Å².